The minimum absolute atomic E-state index is 0.0578. The van der Waals surface area contributed by atoms with Crippen molar-refractivity contribution in [3.8, 4) is 11.1 Å². The summed E-state index contributed by atoms with van der Waals surface area (Å²) < 4.78 is 48.0. The largest absolute Gasteiger partial charge is 0.542 e. The summed E-state index contributed by atoms with van der Waals surface area (Å²) in [6, 6.07) is 3.98. The van der Waals surface area contributed by atoms with Crippen LogP contribution in [0, 0.1) is 6.92 Å². The minimum atomic E-state index is -5.19. The lowest BCUT2D eigenvalue weighted by Crippen LogP contribution is -2.42. The van der Waals surface area contributed by atoms with Crippen LogP contribution in [0.4, 0.5) is 24.8 Å². The summed E-state index contributed by atoms with van der Waals surface area (Å²) in [6.07, 6.45) is -3.25. The molecule has 51 heavy (non-hydrogen) atoms. The van der Waals surface area contributed by atoms with E-state index >= 15 is 0 Å². The van der Waals surface area contributed by atoms with Crippen molar-refractivity contribution in [2.24, 2.45) is 7.05 Å². The number of carbonyl (C=O) groups is 3. The molecule has 3 aromatic heterocycles. The van der Waals surface area contributed by atoms with Crippen LogP contribution in [0.5, 0.6) is 0 Å². The summed E-state index contributed by atoms with van der Waals surface area (Å²) in [5.41, 5.74) is 16.2. The van der Waals surface area contributed by atoms with Gasteiger partial charge in [0.25, 0.3) is 17.6 Å². The maximum atomic E-state index is 14.3. The molecule has 0 fully saturated rings. The van der Waals surface area contributed by atoms with Crippen molar-refractivity contribution in [3.05, 3.63) is 46.3 Å². The second kappa shape index (κ2) is 17.3. The van der Waals surface area contributed by atoms with E-state index < -0.39 is 18.1 Å². The third-order valence-electron chi connectivity index (χ3n) is 7.64. The number of imidazole rings is 1. The predicted molar refractivity (Wildman–Crippen MR) is 178 cm³/mol. The molecule has 0 atom stereocenters. The third kappa shape index (κ3) is 9.41. The van der Waals surface area contributed by atoms with Crippen molar-refractivity contribution in [2.75, 3.05) is 52.0 Å². The zero-order valence-electron chi connectivity index (χ0n) is 28.9. The minimum Gasteiger partial charge on any atom is -0.542 e. The second-order valence-corrected chi connectivity index (χ2v) is 11.3. The van der Waals surface area contributed by atoms with E-state index in [9.17, 15) is 22.8 Å². The Morgan fingerprint density at radius 1 is 1.08 bits per heavy atom. The molecule has 2 amide bonds. The number of nitrogen functional groups attached to an aromatic ring is 2. The Morgan fingerprint density at radius 3 is 2.18 bits per heavy atom. The van der Waals surface area contributed by atoms with Gasteiger partial charge in [-0.25, -0.2) is 19.1 Å². The lowest BCUT2D eigenvalue weighted by atomic mass is 10.0. The molecule has 0 aliphatic carbocycles. The normalized spacial score (nSPS) is 11.3. The Morgan fingerprint density at radius 2 is 1.69 bits per heavy atom. The number of alkyl halides is 3. The number of anilines is 2. The second-order valence-electron chi connectivity index (χ2n) is 11.0. The number of nitrogens with zero attached hydrogens (tertiary/aromatic N) is 7. The number of fused-ring (bicyclic) bond motifs is 1. The van der Waals surface area contributed by atoms with Gasteiger partial charge in [-0.05, 0) is 38.5 Å². The van der Waals surface area contributed by atoms with E-state index in [1.165, 1.54) is 0 Å². The Bertz CT molecular complexity index is 1890. The monoisotopic (exact) mass is 740 g/mol. The number of carbonyl (C=O) groups excluding carboxylic acids is 3. The van der Waals surface area contributed by atoms with Crippen LogP contribution < -0.4 is 26.5 Å². The molecule has 0 aliphatic rings. The lowest BCUT2D eigenvalue weighted by molar-refractivity contribution is -0.676. The first-order valence-electron chi connectivity index (χ1n) is 15.5. The quantitative estimate of drug-likeness (QED) is 0.166. The zero-order valence-corrected chi connectivity index (χ0v) is 29.7. The number of aryl methyl sites for hydroxylation is 4. The van der Waals surface area contributed by atoms with Crippen LogP contribution in [-0.4, -0.2) is 93.7 Å². The number of nitrogens with two attached hydrogens (primary N) is 2. The Balaban J connectivity index is 0.000000908. The van der Waals surface area contributed by atoms with Crippen LogP contribution in [0.1, 0.15) is 46.2 Å². The van der Waals surface area contributed by atoms with Gasteiger partial charge in [-0.1, -0.05) is 11.6 Å². The molecule has 0 unspecified atom stereocenters. The predicted octanol–water partition coefficient (Wildman–Crippen LogP) is 1.25. The highest BCUT2D eigenvalue weighted by molar-refractivity contribution is 6.31. The van der Waals surface area contributed by atoms with Gasteiger partial charge in [0, 0.05) is 46.1 Å². The number of halogens is 4. The highest BCUT2D eigenvalue weighted by Gasteiger charge is 2.32. The number of methoxy groups -OCH3 is 2. The first kappa shape index (κ1) is 40.4. The summed E-state index contributed by atoms with van der Waals surface area (Å²) in [7, 11) is 5.07. The number of aromatic nitrogens is 6. The van der Waals surface area contributed by atoms with Gasteiger partial charge in [-0.15, -0.1) is 0 Å². The van der Waals surface area contributed by atoms with Gasteiger partial charge in [0.1, 0.15) is 12.5 Å². The number of benzene rings is 1. The van der Waals surface area contributed by atoms with Crippen molar-refractivity contribution < 1.29 is 46.7 Å². The molecule has 16 nitrogen and oxygen atoms in total. The first-order chi connectivity index (χ1) is 24.0. The molecule has 4 aromatic rings. The molecule has 1 aromatic carbocycles. The fraction of sp³-hybridized carbons (Fsp3) is 0.452. The molecule has 0 saturated heterocycles. The number of nitrogens with one attached hydrogen (secondary N) is 1. The van der Waals surface area contributed by atoms with E-state index in [2.05, 4.69) is 31.0 Å². The van der Waals surface area contributed by atoms with Crippen LogP contribution in [0.3, 0.4) is 0 Å². The van der Waals surface area contributed by atoms with Crippen LogP contribution in [0.15, 0.2) is 18.3 Å². The van der Waals surface area contributed by atoms with E-state index in [0.29, 0.717) is 45.0 Å². The molecule has 0 aliphatic heterocycles. The summed E-state index contributed by atoms with van der Waals surface area (Å²) in [6.45, 7) is 8.72. The Kier molecular flexibility index (Phi) is 13.7. The number of carboxylic acids is 1. The standard InChI is InChI=1S/C29H39ClN10O4.C2HF3O2/c1-7-39-21-14-18(20-16-37(4)36-17(20)3)13-19(29(42)38(9-11-43-5)10-12-44-6)24(21)40(8-2)22(39)15-33-28(41)23-26(31)35-27(32)25(30)34-23;3-2(4,5)1(6)7/h13-14,16H,7-12,15H2,1-6H3,(H4-,31,32,33,35,41);(H,6,7). The van der Waals surface area contributed by atoms with Gasteiger partial charge in [0.15, 0.2) is 33.5 Å². The fourth-order valence-electron chi connectivity index (χ4n) is 5.35. The molecule has 20 heteroatoms. The zero-order chi connectivity index (χ0) is 38.2. The molecular weight excluding hydrogens is 701 g/mol. The van der Waals surface area contributed by atoms with E-state index in [4.69, 9.17) is 42.4 Å². The SMILES string of the molecule is CCn1c(CNC(=O)c2nc(Cl)c(N)nc2N)[n+](CC)c2c(C(=O)N(CCOC)CCOC)cc(-c3cn(C)nc3C)cc21.O=C([O-])C(F)(F)F. The molecular formula is C31H40ClF3N10O6. The van der Waals surface area contributed by atoms with E-state index in [0.717, 1.165) is 33.7 Å². The van der Waals surface area contributed by atoms with Crippen molar-refractivity contribution >= 4 is 52.1 Å². The van der Waals surface area contributed by atoms with Crippen molar-refractivity contribution in [1.82, 2.24) is 34.5 Å². The number of ether oxygens (including phenoxy) is 2. The average Bonchev–Trinajstić information content (AvgIpc) is 3.58. The molecule has 0 saturated carbocycles. The topological polar surface area (TPSA) is 212 Å². The summed E-state index contributed by atoms with van der Waals surface area (Å²) in [4.78, 5) is 45.9. The number of hydrogen-bond donors (Lipinski definition) is 3. The molecule has 0 bridgehead atoms. The molecule has 278 valence electrons. The highest BCUT2D eigenvalue weighted by atomic mass is 35.5. The average molecular weight is 741 g/mol. The van der Waals surface area contributed by atoms with Crippen molar-refractivity contribution in [1.29, 1.82) is 0 Å². The van der Waals surface area contributed by atoms with E-state index in [1.54, 1.807) is 23.8 Å². The summed E-state index contributed by atoms with van der Waals surface area (Å²) in [5, 5.41) is 16.1. The maximum absolute atomic E-state index is 14.3. The van der Waals surface area contributed by atoms with Crippen molar-refractivity contribution in [2.45, 2.75) is 46.6 Å². The molecule has 4 rings (SSSR count). The van der Waals surface area contributed by atoms with Crippen molar-refractivity contribution in [3.63, 3.8) is 0 Å². The van der Waals surface area contributed by atoms with Crippen LogP contribution >= 0.6 is 11.6 Å². The number of aliphatic carboxylic acids is 1. The van der Waals surface area contributed by atoms with Gasteiger partial charge in [-0.2, -0.15) is 18.3 Å². The molecule has 0 radical (unpaired) electrons. The molecule has 0 spiro atoms. The Labute approximate surface area is 296 Å². The van der Waals surface area contributed by atoms with Gasteiger partial charge in [0.05, 0.1) is 37.6 Å². The van der Waals surface area contributed by atoms with Gasteiger partial charge in [0.2, 0.25) is 0 Å². The molecule has 5 N–H and O–H groups in total. The number of carboxylic acid groups (broad SMARTS) is 1. The summed E-state index contributed by atoms with van der Waals surface area (Å²) >= 11 is 6.01. The van der Waals surface area contributed by atoms with E-state index in [1.807, 2.05) is 44.6 Å². The number of rotatable bonds is 13. The Hall–Kier alpha value is -5.01. The van der Waals surface area contributed by atoms with Crippen LogP contribution in [-0.2, 0) is 41.0 Å². The van der Waals surface area contributed by atoms with Gasteiger partial charge < -0.3 is 41.1 Å². The number of hydrogen-bond acceptors (Lipinski definition) is 11. The molecule has 3 heterocycles. The maximum Gasteiger partial charge on any atom is 0.430 e. The van der Waals surface area contributed by atoms with Gasteiger partial charge >= 0.3 is 6.18 Å². The van der Waals surface area contributed by atoms with E-state index in [-0.39, 0.29) is 34.9 Å². The first-order valence-corrected chi connectivity index (χ1v) is 15.9. The summed E-state index contributed by atoms with van der Waals surface area (Å²) in [5.74, 6) is -3.12. The van der Waals surface area contributed by atoms with Gasteiger partial charge in [-0.3, -0.25) is 14.3 Å². The number of amides is 2. The van der Waals surface area contributed by atoms with Crippen LogP contribution in [0.25, 0.3) is 22.2 Å². The fourth-order valence-corrected chi connectivity index (χ4v) is 5.47. The van der Waals surface area contributed by atoms with Crippen LogP contribution in [0.2, 0.25) is 5.15 Å². The highest BCUT2D eigenvalue weighted by Crippen LogP contribution is 2.31. The smallest absolute Gasteiger partial charge is 0.430 e. The third-order valence-corrected chi connectivity index (χ3v) is 7.92. The lowest BCUT2D eigenvalue weighted by Gasteiger charge is -2.22.